The molecule has 110 valence electrons. The first-order chi connectivity index (χ1) is 9.45. The fourth-order valence-corrected chi connectivity index (χ4v) is 2.74. The molecule has 0 bridgehead atoms. The van der Waals surface area contributed by atoms with E-state index in [0.29, 0.717) is 12.2 Å². The molecule has 20 heavy (non-hydrogen) atoms. The van der Waals surface area contributed by atoms with Crippen molar-refractivity contribution in [3.8, 4) is 0 Å². The van der Waals surface area contributed by atoms with Crippen LogP contribution in [-0.4, -0.2) is 58.2 Å². The summed E-state index contributed by atoms with van der Waals surface area (Å²) >= 11 is 0. The molecule has 0 unspecified atom stereocenters. The molecule has 2 rings (SSSR count). The molecule has 1 aliphatic rings. The highest BCUT2D eigenvalue weighted by Crippen LogP contribution is 2.15. The minimum absolute atomic E-state index is 0.127. The lowest BCUT2D eigenvalue weighted by atomic mass is 10.3. The first-order valence-corrected chi connectivity index (χ1v) is 8.37. The van der Waals surface area contributed by atoms with Gasteiger partial charge in [-0.25, -0.2) is 8.42 Å². The Kier molecular flexibility index (Phi) is 4.74. The lowest BCUT2D eigenvalue weighted by molar-refractivity contribution is -0.117. The molecule has 0 radical (unpaired) electrons. The second-order valence-corrected chi connectivity index (χ2v) is 6.89. The molecule has 1 fully saturated rings. The SMILES string of the molecule is CS(=O)(=O)c1cccc(NC(=O)CN2CCNCC2)c1. The zero-order valence-corrected chi connectivity index (χ0v) is 12.2. The Morgan fingerprint density at radius 3 is 2.70 bits per heavy atom. The molecule has 1 heterocycles. The predicted molar refractivity (Wildman–Crippen MR) is 77.5 cm³/mol. The van der Waals surface area contributed by atoms with Gasteiger partial charge in [-0.05, 0) is 18.2 Å². The third-order valence-electron chi connectivity index (χ3n) is 3.12. The normalized spacial score (nSPS) is 16.9. The molecule has 1 aliphatic heterocycles. The summed E-state index contributed by atoms with van der Waals surface area (Å²) in [4.78, 5) is 14.2. The second-order valence-electron chi connectivity index (χ2n) is 4.87. The third-order valence-corrected chi connectivity index (χ3v) is 4.23. The van der Waals surface area contributed by atoms with Crippen LogP contribution in [0.4, 0.5) is 5.69 Å². The second kappa shape index (κ2) is 6.34. The lowest BCUT2D eigenvalue weighted by Crippen LogP contribution is -2.46. The topological polar surface area (TPSA) is 78.5 Å². The number of amides is 1. The maximum Gasteiger partial charge on any atom is 0.238 e. The summed E-state index contributed by atoms with van der Waals surface area (Å²) in [6.45, 7) is 3.78. The largest absolute Gasteiger partial charge is 0.325 e. The Labute approximate surface area is 119 Å². The molecule has 0 aliphatic carbocycles. The van der Waals surface area contributed by atoms with Crippen LogP contribution in [0.1, 0.15) is 0 Å². The standard InChI is InChI=1S/C13H19N3O3S/c1-20(18,19)12-4-2-3-11(9-12)15-13(17)10-16-7-5-14-6-8-16/h2-4,9,14H,5-8,10H2,1H3,(H,15,17). The molecular formula is C13H19N3O3S. The third kappa shape index (κ3) is 4.29. The number of benzene rings is 1. The van der Waals surface area contributed by atoms with Gasteiger partial charge in [-0.2, -0.15) is 0 Å². The summed E-state index contributed by atoms with van der Waals surface area (Å²) in [5.41, 5.74) is 0.507. The smallest absolute Gasteiger partial charge is 0.238 e. The summed E-state index contributed by atoms with van der Waals surface area (Å²) < 4.78 is 22.9. The van der Waals surface area contributed by atoms with Gasteiger partial charge in [0.25, 0.3) is 0 Å². The van der Waals surface area contributed by atoms with Gasteiger partial charge in [-0.15, -0.1) is 0 Å². The van der Waals surface area contributed by atoms with E-state index in [2.05, 4.69) is 15.5 Å². The maximum atomic E-state index is 11.9. The van der Waals surface area contributed by atoms with Gasteiger partial charge in [-0.3, -0.25) is 9.69 Å². The summed E-state index contributed by atoms with van der Waals surface area (Å²) in [7, 11) is -3.26. The number of anilines is 1. The molecular weight excluding hydrogens is 278 g/mol. The first kappa shape index (κ1) is 15.0. The van der Waals surface area contributed by atoms with Crippen LogP contribution in [0.2, 0.25) is 0 Å². The molecule has 0 spiro atoms. The van der Waals surface area contributed by atoms with Crippen LogP contribution in [0.5, 0.6) is 0 Å². The average molecular weight is 297 g/mol. The van der Waals surface area contributed by atoms with Crippen molar-refractivity contribution in [3.05, 3.63) is 24.3 Å². The molecule has 0 saturated carbocycles. The van der Waals surface area contributed by atoms with Crippen LogP contribution in [0.15, 0.2) is 29.2 Å². The number of rotatable bonds is 4. The van der Waals surface area contributed by atoms with Gasteiger partial charge >= 0.3 is 0 Å². The predicted octanol–water partition coefficient (Wildman–Crippen LogP) is -0.0662. The van der Waals surface area contributed by atoms with E-state index in [1.165, 1.54) is 12.1 Å². The number of hydrogen-bond donors (Lipinski definition) is 2. The maximum absolute atomic E-state index is 11.9. The van der Waals surface area contributed by atoms with Crippen molar-refractivity contribution < 1.29 is 13.2 Å². The van der Waals surface area contributed by atoms with Crippen LogP contribution in [0, 0.1) is 0 Å². The van der Waals surface area contributed by atoms with E-state index in [0.717, 1.165) is 32.4 Å². The van der Waals surface area contributed by atoms with Crippen molar-refractivity contribution in [2.45, 2.75) is 4.90 Å². The van der Waals surface area contributed by atoms with Crippen LogP contribution in [-0.2, 0) is 14.6 Å². The minimum Gasteiger partial charge on any atom is -0.325 e. The van der Waals surface area contributed by atoms with E-state index in [1.54, 1.807) is 12.1 Å². The monoisotopic (exact) mass is 297 g/mol. The molecule has 1 saturated heterocycles. The highest BCUT2D eigenvalue weighted by molar-refractivity contribution is 7.90. The number of hydrogen-bond acceptors (Lipinski definition) is 5. The first-order valence-electron chi connectivity index (χ1n) is 6.48. The van der Waals surface area contributed by atoms with Crippen molar-refractivity contribution in [2.24, 2.45) is 0 Å². The Morgan fingerprint density at radius 1 is 1.35 bits per heavy atom. The molecule has 7 heteroatoms. The zero-order chi connectivity index (χ0) is 14.6. The van der Waals surface area contributed by atoms with Gasteiger partial charge in [0.2, 0.25) is 5.91 Å². The number of nitrogens with zero attached hydrogens (tertiary/aromatic N) is 1. The van der Waals surface area contributed by atoms with E-state index in [9.17, 15) is 13.2 Å². The van der Waals surface area contributed by atoms with E-state index < -0.39 is 9.84 Å². The quantitative estimate of drug-likeness (QED) is 0.813. The summed E-state index contributed by atoms with van der Waals surface area (Å²) in [6, 6.07) is 6.30. The zero-order valence-electron chi connectivity index (χ0n) is 11.4. The van der Waals surface area contributed by atoms with Crippen LogP contribution in [0.3, 0.4) is 0 Å². The van der Waals surface area contributed by atoms with E-state index in [-0.39, 0.29) is 10.8 Å². The highest BCUT2D eigenvalue weighted by Gasteiger charge is 2.14. The molecule has 6 nitrogen and oxygen atoms in total. The van der Waals surface area contributed by atoms with Crippen molar-refractivity contribution in [1.29, 1.82) is 0 Å². The van der Waals surface area contributed by atoms with Crippen molar-refractivity contribution in [2.75, 3.05) is 44.3 Å². The van der Waals surface area contributed by atoms with Gasteiger partial charge in [0.15, 0.2) is 9.84 Å². The fourth-order valence-electron chi connectivity index (χ4n) is 2.08. The Morgan fingerprint density at radius 2 is 2.05 bits per heavy atom. The van der Waals surface area contributed by atoms with Gasteiger partial charge in [0.05, 0.1) is 11.4 Å². The van der Waals surface area contributed by atoms with E-state index in [1.807, 2.05) is 0 Å². The van der Waals surface area contributed by atoms with Gasteiger partial charge in [0, 0.05) is 38.1 Å². The molecule has 1 aromatic carbocycles. The summed E-state index contributed by atoms with van der Waals surface area (Å²) in [6.07, 6.45) is 1.15. The van der Waals surface area contributed by atoms with Crippen LogP contribution in [0.25, 0.3) is 0 Å². The van der Waals surface area contributed by atoms with Crippen molar-refractivity contribution in [3.63, 3.8) is 0 Å². The number of nitrogens with one attached hydrogen (secondary N) is 2. The number of sulfone groups is 1. The number of carbonyl (C=O) groups excluding carboxylic acids is 1. The average Bonchev–Trinajstić information content (AvgIpc) is 2.39. The highest BCUT2D eigenvalue weighted by atomic mass is 32.2. The van der Waals surface area contributed by atoms with Crippen molar-refractivity contribution >= 4 is 21.4 Å². The molecule has 0 aromatic heterocycles. The Balaban J connectivity index is 1.97. The molecule has 0 atom stereocenters. The number of piperazine rings is 1. The number of carbonyl (C=O) groups is 1. The minimum atomic E-state index is -3.26. The molecule has 1 aromatic rings. The fraction of sp³-hybridized carbons (Fsp3) is 0.462. The van der Waals surface area contributed by atoms with Crippen molar-refractivity contribution in [1.82, 2.24) is 10.2 Å². The Bertz CT molecular complexity index is 580. The van der Waals surface area contributed by atoms with E-state index in [4.69, 9.17) is 0 Å². The molecule has 1 amide bonds. The molecule has 2 N–H and O–H groups in total. The van der Waals surface area contributed by atoms with Gasteiger partial charge in [0.1, 0.15) is 0 Å². The summed E-state index contributed by atoms with van der Waals surface area (Å²) in [5.74, 6) is -0.127. The lowest BCUT2D eigenvalue weighted by Gasteiger charge is -2.26. The van der Waals surface area contributed by atoms with Crippen LogP contribution < -0.4 is 10.6 Å². The van der Waals surface area contributed by atoms with Gasteiger partial charge < -0.3 is 10.6 Å². The summed E-state index contributed by atoms with van der Waals surface area (Å²) in [5, 5.41) is 5.96. The van der Waals surface area contributed by atoms with E-state index >= 15 is 0 Å². The van der Waals surface area contributed by atoms with Gasteiger partial charge in [-0.1, -0.05) is 6.07 Å². The van der Waals surface area contributed by atoms with Crippen LogP contribution >= 0.6 is 0 Å². The Hall–Kier alpha value is -1.44.